The van der Waals surface area contributed by atoms with Crippen LogP contribution in [-0.2, 0) is 6.42 Å². The number of rotatable bonds is 4. The molecular formula is C19H22N8. The molecule has 1 aliphatic carbocycles. The Bertz CT molecular complexity index is 925. The summed E-state index contributed by atoms with van der Waals surface area (Å²) in [6.45, 7) is 3.75. The molecule has 8 N–H and O–H groups in total. The molecule has 0 radical (unpaired) electrons. The number of nitrogens with zero attached hydrogens (tertiary/aromatic N) is 4. The van der Waals surface area contributed by atoms with Crippen LogP contribution in [0.5, 0.6) is 0 Å². The summed E-state index contributed by atoms with van der Waals surface area (Å²) in [5.41, 5.74) is 29.7. The molecule has 0 bridgehead atoms. The van der Waals surface area contributed by atoms with Gasteiger partial charge in [-0.2, -0.15) is 10.2 Å². The van der Waals surface area contributed by atoms with E-state index in [9.17, 15) is 0 Å². The molecule has 0 atom stereocenters. The highest BCUT2D eigenvalue weighted by Gasteiger charge is 2.19. The molecule has 27 heavy (non-hydrogen) atoms. The smallest absolute Gasteiger partial charge is 0.211 e. The molecule has 0 fully saturated rings. The molecular weight excluding hydrogens is 340 g/mol. The normalized spacial score (nSPS) is 13.0. The zero-order valence-corrected chi connectivity index (χ0v) is 15.3. The summed E-state index contributed by atoms with van der Waals surface area (Å²) in [5.74, 6) is -0.124. The summed E-state index contributed by atoms with van der Waals surface area (Å²) in [4.78, 5) is 0. The molecule has 0 aliphatic heterocycles. The first-order chi connectivity index (χ1) is 12.8. The lowest BCUT2D eigenvalue weighted by Gasteiger charge is -2.05. The lowest BCUT2D eigenvalue weighted by Crippen LogP contribution is -2.22. The fourth-order valence-electron chi connectivity index (χ4n) is 3.04. The van der Waals surface area contributed by atoms with Gasteiger partial charge in [0.25, 0.3) is 0 Å². The topological polar surface area (TPSA) is 154 Å². The third kappa shape index (κ3) is 3.95. The van der Waals surface area contributed by atoms with Gasteiger partial charge in [0.1, 0.15) is 0 Å². The van der Waals surface area contributed by atoms with Crippen LogP contribution in [0.15, 0.2) is 56.8 Å². The molecule has 138 valence electrons. The molecule has 0 saturated heterocycles. The van der Waals surface area contributed by atoms with Crippen LogP contribution in [0.2, 0.25) is 0 Å². The molecule has 0 aromatic heterocycles. The van der Waals surface area contributed by atoms with Gasteiger partial charge in [-0.05, 0) is 65.8 Å². The molecule has 0 unspecified atom stereocenters. The van der Waals surface area contributed by atoms with E-state index in [0.717, 1.165) is 29.0 Å². The molecule has 0 heterocycles. The van der Waals surface area contributed by atoms with Gasteiger partial charge < -0.3 is 22.9 Å². The maximum Gasteiger partial charge on any atom is 0.211 e. The highest BCUT2D eigenvalue weighted by molar-refractivity contribution is 6.01. The second kappa shape index (κ2) is 7.28. The first kappa shape index (κ1) is 18.1. The fourth-order valence-corrected chi connectivity index (χ4v) is 3.04. The van der Waals surface area contributed by atoms with Crippen LogP contribution in [0.25, 0.3) is 11.1 Å². The van der Waals surface area contributed by atoms with Gasteiger partial charge in [-0.25, -0.2) is 0 Å². The lowest BCUT2D eigenvalue weighted by molar-refractivity contribution is 1.19. The summed E-state index contributed by atoms with van der Waals surface area (Å²) in [6.07, 6.45) is 0.831. The zero-order valence-electron chi connectivity index (χ0n) is 15.3. The Balaban J connectivity index is 1.92. The Hall–Kier alpha value is -3.68. The number of hydrogen-bond donors (Lipinski definition) is 4. The highest BCUT2D eigenvalue weighted by atomic mass is 15.3. The van der Waals surface area contributed by atoms with E-state index in [1.54, 1.807) is 0 Å². The van der Waals surface area contributed by atoms with Crippen molar-refractivity contribution in [2.75, 3.05) is 0 Å². The largest absolute Gasteiger partial charge is 0.369 e. The third-order valence-corrected chi connectivity index (χ3v) is 4.35. The van der Waals surface area contributed by atoms with Gasteiger partial charge in [0.15, 0.2) is 0 Å². The third-order valence-electron chi connectivity index (χ3n) is 4.35. The van der Waals surface area contributed by atoms with Crippen molar-refractivity contribution in [2.24, 2.45) is 43.3 Å². The zero-order chi connectivity index (χ0) is 19.6. The summed E-state index contributed by atoms with van der Waals surface area (Å²) < 4.78 is 0. The number of fused-ring (bicyclic) bond motifs is 3. The molecule has 2 aromatic carbocycles. The molecule has 2 aromatic rings. The van der Waals surface area contributed by atoms with E-state index in [1.807, 2.05) is 26.0 Å². The van der Waals surface area contributed by atoms with Crippen LogP contribution in [-0.4, -0.2) is 23.3 Å². The Labute approximate surface area is 157 Å². The summed E-state index contributed by atoms with van der Waals surface area (Å²) >= 11 is 0. The predicted molar refractivity (Wildman–Crippen MR) is 111 cm³/mol. The Morgan fingerprint density at radius 3 is 1.44 bits per heavy atom. The van der Waals surface area contributed by atoms with Gasteiger partial charge in [-0.15, -0.1) is 10.2 Å². The van der Waals surface area contributed by atoms with Gasteiger partial charge in [0, 0.05) is 0 Å². The maximum atomic E-state index is 5.33. The van der Waals surface area contributed by atoms with Crippen molar-refractivity contribution in [2.45, 2.75) is 20.3 Å². The van der Waals surface area contributed by atoms with E-state index in [2.05, 4.69) is 44.7 Å². The van der Waals surface area contributed by atoms with E-state index in [-0.39, 0.29) is 11.9 Å². The molecule has 0 spiro atoms. The van der Waals surface area contributed by atoms with Crippen LogP contribution < -0.4 is 22.9 Å². The van der Waals surface area contributed by atoms with Crippen molar-refractivity contribution in [3.63, 3.8) is 0 Å². The lowest BCUT2D eigenvalue weighted by atomic mass is 10.0. The van der Waals surface area contributed by atoms with Gasteiger partial charge in [-0.3, -0.25) is 0 Å². The highest BCUT2D eigenvalue weighted by Crippen LogP contribution is 2.37. The van der Waals surface area contributed by atoms with Crippen molar-refractivity contribution < 1.29 is 0 Å². The van der Waals surface area contributed by atoms with Crippen LogP contribution in [0.1, 0.15) is 36.1 Å². The van der Waals surface area contributed by atoms with Crippen LogP contribution in [0.3, 0.4) is 0 Å². The minimum atomic E-state index is -0.0618. The summed E-state index contributed by atoms with van der Waals surface area (Å²) in [6, 6.07) is 12.5. The van der Waals surface area contributed by atoms with E-state index in [1.165, 1.54) is 22.3 Å². The van der Waals surface area contributed by atoms with E-state index in [0.29, 0.717) is 0 Å². The summed E-state index contributed by atoms with van der Waals surface area (Å²) in [7, 11) is 0. The second-order valence-corrected chi connectivity index (χ2v) is 6.34. The maximum absolute atomic E-state index is 5.33. The van der Waals surface area contributed by atoms with Gasteiger partial charge in [0.2, 0.25) is 11.9 Å². The molecule has 1 aliphatic rings. The average molecular weight is 362 g/mol. The fraction of sp³-hybridized carbons (Fsp3) is 0.158. The number of guanidine groups is 2. The Kier molecular flexibility index (Phi) is 4.89. The van der Waals surface area contributed by atoms with Crippen LogP contribution >= 0.6 is 0 Å². The molecule has 0 amide bonds. The molecule has 8 nitrogen and oxygen atoms in total. The predicted octanol–water partition coefficient (Wildman–Crippen LogP) is 1.25. The monoisotopic (exact) mass is 362 g/mol. The Morgan fingerprint density at radius 1 is 0.667 bits per heavy atom. The van der Waals surface area contributed by atoms with Crippen molar-refractivity contribution in [3.05, 3.63) is 58.7 Å². The van der Waals surface area contributed by atoms with Crippen molar-refractivity contribution in [1.29, 1.82) is 0 Å². The number of hydrogen-bond acceptors (Lipinski definition) is 4. The van der Waals surface area contributed by atoms with Crippen LogP contribution in [0.4, 0.5) is 0 Å². The molecule has 3 rings (SSSR count). The number of benzene rings is 2. The van der Waals surface area contributed by atoms with Gasteiger partial charge in [0.05, 0.1) is 11.4 Å². The van der Waals surface area contributed by atoms with Crippen LogP contribution in [0, 0.1) is 0 Å². The van der Waals surface area contributed by atoms with E-state index in [4.69, 9.17) is 22.9 Å². The quantitative estimate of drug-likeness (QED) is 0.313. The second-order valence-electron chi connectivity index (χ2n) is 6.34. The minimum Gasteiger partial charge on any atom is -0.369 e. The Morgan fingerprint density at radius 2 is 1.07 bits per heavy atom. The first-order valence-electron chi connectivity index (χ1n) is 8.38. The molecule has 8 heteroatoms. The minimum absolute atomic E-state index is 0.0618. The standard InChI is InChI=1S/C19H22N8/c1-10(24-26-18(20)21)12-3-5-16-14(7-12)9-15-8-13(4-6-17(15)16)11(2)25-27-19(22)23/h3-8H,9H2,1-2H3,(H4,20,21,26)(H4,22,23,27)/b24-10-,25-11+. The van der Waals surface area contributed by atoms with Gasteiger partial charge >= 0.3 is 0 Å². The molecule has 0 saturated carbocycles. The average Bonchev–Trinajstić information content (AvgIpc) is 3.00. The van der Waals surface area contributed by atoms with Crippen molar-refractivity contribution in [1.82, 2.24) is 0 Å². The SMILES string of the molecule is C/C(=N/N=C(N)N)c1ccc2c(c1)Cc1cc(/C(C)=N/N=C(N)N)ccc1-2. The van der Waals surface area contributed by atoms with E-state index >= 15 is 0 Å². The van der Waals surface area contributed by atoms with Crippen molar-refractivity contribution in [3.8, 4) is 11.1 Å². The van der Waals surface area contributed by atoms with E-state index < -0.39 is 0 Å². The van der Waals surface area contributed by atoms with Crippen molar-refractivity contribution >= 4 is 23.3 Å². The number of nitrogens with two attached hydrogens (primary N) is 4. The first-order valence-corrected chi connectivity index (χ1v) is 8.38. The van der Waals surface area contributed by atoms with Gasteiger partial charge in [-0.1, -0.05) is 24.3 Å². The summed E-state index contributed by atoms with van der Waals surface area (Å²) in [5, 5.41) is 15.5.